The fourth-order valence-electron chi connectivity index (χ4n) is 3.25. The number of carbonyl (C=O) groups is 1. The van der Waals surface area contributed by atoms with Crippen LogP contribution >= 0.6 is 0 Å². The number of rotatable bonds is 10. The molecule has 2 aromatic rings. The zero-order chi connectivity index (χ0) is 19.6. The molecule has 0 saturated heterocycles. The quantitative estimate of drug-likeness (QED) is 0.697. The number of nitrogens with zero attached hydrogens (tertiary/aromatic N) is 1. The number of benzene rings is 2. The van der Waals surface area contributed by atoms with Crippen molar-refractivity contribution in [2.45, 2.75) is 26.3 Å². The number of hydrogen-bond acceptors (Lipinski definition) is 4. The van der Waals surface area contributed by atoms with E-state index in [2.05, 4.69) is 36.2 Å². The maximum atomic E-state index is 12.8. The Kier molecular flexibility index (Phi) is 8.14. The number of methoxy groups -OCH3 is 2. The predicted octanol–water partition coefficient (Wildman–Crippen LogP) is 3.39. The van der Waals surface area contributed by atoms with Crippen LogP contribution in [0.15, 0.2) is 48.5 Å². The van der Waals surface area contributed by atoms with Gasteiger partial charge in [-0.2, -0.15) is 0 Å². The second-order valence-corrected chi connectivity index (χ2v) is 6.34. The fraction of sp³-hybridized carbons (Fsp3) is 0.409. The summed E-state index contributed by atoms with van der Waals surface area (Å²) < 4.78 is 10.6. The van der Waals surface area contributed by atoms with Crippen molar-refractivity contribution in [3.63, 3.8) is 0 Å². The number of likely N-dealkylation sites (N-methyl/N-ethyl adjacent to an activating group) is 1. The molecule has 0 aliphatic carbocycles. The lowest BCUT2D eigenvalue weighted by Crippen LogP contribution is -2.45. The Labute approximate surface area is 162 Å². The Balaban J connectivity index is 2.12. The van der Waals surface area contributed by atoms with Crippen LogP contribution in [0, 0.1) is 0 Å². The van der Waals surface area contributed by atoms with Crippen molar-refractivity contribution < 1.29 is 14.3 Å². The maximum absolute atomic E-state index is 12.8. The maximum Gasteiger partial charge on any atom is 0.255 e. The zero-order valence-corrected chi connectivity index (χ0v) is 16.7. The van der Waals surface area contributed by atoms with Crippen LogP contribution in [0.5, 0.6) is 11.5 Å². The lowest BCUT2D eigenvalue weighted by atomic mass is 10.0. The third kappa shape index (κ3) is 5.73. The van der Waals surface area contributed by atoms with Crippen molar-refractivity contribution in [1.82, 2.24) is 10.2 Å². The molecular formula is C22H30N2O3. The highest BCUT2D eigenvalue weighted by atomic mass is 16.5. The van der Waals surface area contributed by atoms with E-state index in [4.69, 9.17) is 9.47 Å². The average Bonchev–Trinajstić information content (AvgIpc) is 2.72. The molecule has 0 bridgehead atoms. The van der Waals surface area contributed by atoms with Gasteiger partial charge in [0, 0.05) is 12.6 Å². The van der Waals surface area contributed by atoms with Gasteiger partial charge in [0.2, 0.25) is 0 Å². The Morgan fingerprint density at radius 3 is 2.33 bits per heavy atom. The zero-order valence-electron chi connectivity index (χ0n) is 16.7. The lowest BCUT2D eigenvalue weighted by Gasteiger charge is -2.30. The number of amides is 1. The molecule has 0 radical (unpaired) electrons. The second kappa shape index (κ2) is 10.6. The molecule has 1 unspecified atom stereocenters. The summed E-state index contributed by atoms with van der Waals surface area (Å²) in [6.45, 7) is 6.73. The first-order chi connectivity index (χ1) is 13.1. The Hall–Kier alpha value is -2.53. The molecule has 146 valence electrons. The van der Waals surface area contributed by atoms with Crippen molar-refractivity contribution in [3.8, 4) is 11.5 Å². The minimum Gasteiger partial charge on any atom is -0.497 e. The molecule has 0 aromatic heterocycles. The molecule has 5 heteroatoms. The molecule has 2 rings (SSSR count). The second-order valence-electron chi connectivity index (χ2n) is 6.34. The molecular weight excluding hydrogens is 340 g/mol. The first-order valence-corrected chi connectivity index (χ1v) is 9.41. The van der Waals surface area contributed by atoms with Gasteiger partial charge in [-0.3, -0.25) is 9.69 Å². The van der Waals surface area contributed by atoms with E-state index in [0.717, 1.165) is 19.5 Å². The van der Waals surface area contributed by atoms with Crippen molar-refractivity contribution in [2.75, 3.05) is 33.9 Å². The Bertz CT molecular complexity index is 715. The summed E-state index contributed by atoms with van der Waals surface area (Å²) in [4.78, 5) is 15.2. The average molecular weight is 370 g/mol. The van der Waals surface area contributed by atoms with Crippen LogP contribution in [0.25, 0.3) is 0 Å². The summed E-state index contributed by atoms with van der Waals surface area (Å²) >= 11 is 0. The summed E-state index contributed by atoms with van der Waals surface area (Å²) in [7, 11) is 3.15. The first-order valence-electron chi connectivity index (χ1n) is 9.41. The summed E-state index contributed by atoms with van der Waals surface area (Å²) in [6, 6.07) is 15.8. The highest BCUT2D eigenvalue weighted by Gasteiger charge is 2.19. The lowest BCUT2D eigenvalue weighted by molar-refractivity contribution is 0.0931. The van der Waals surface area contributed by atoms with Crippen molar-refractivity contribution >= 4 is 5.91 Å². The minimum absolute atomic E-state index is 0.157. The number of hydrogen-bond donors (Lipinski definition) is 1. The summed E-state index contributed by atoms with van der Waals surface area (Å²) in [5, 5.41) is 3.08. The standard InChI is InChI=1S/C22H30N2O3/c1-5-24(6-2)18(14-17-10-8-7-9-11-17)16-23-22(25)20-15-19(26-3)12-13-21(20)27-4/h7-13,15,18H,5-6,14,16H2,1-4H3,(H,23,25). The largest absolute Gasteiger partial charge is 0.497 e. The van der Waals surface area contributed by atoms with Crippen LogP contribution in [0.3, 0.4) is 0 Å². The minimum atomic E-state index is -0.157. The molecule has 0 spiro atoms. The number of nitrogens with one attached hydrogen (secondary N) is 1. The van der Waals surface area contributed by atoms with E-state index in [1.54, 1.807) is 32.4 Å². The normalized spacial score (nSPS) is 11.9. The smallest absolute Gasteiger partial charge is 0.255 e. The van der Waals surface area contributed by atoms with Crippen molar-refractivity contribution in [2.24, 2.45) is 0 Å². The van der Waals surface area contributed by atoms with Crippen LogP contribution in [-0.4, -0.2) is 50.7 Å². The molecule has 0 aliphatic rings. The molecule has 1 N–H and O–H groups in total. The molecule has 1 amide bonds. The van der Waals surface area contributed by atoms with Gasteiger partial charge < -0.3 is 14.8 Å². The van der Waals surface area contributed by atoms with E-state index in [1.165, 1.54) is 5.56 Å². The highest BCUT2D eigenvalue weighted by molar-refractivity contribution is 5.97. The molecule has 0 aliphatic heterocycles. The van der Waals surface area contributed by atoms with E-state index < -0.39 is 0 Å². The van der Waals surface area contributed by atoms with Crippen LogP contribution in [-0.2, 0) is 6.42 Å². The van der Waals surface area contributed by atoms with Crippen LogP contribution in [0.2, 0.25) is 0 Å². The van der Waals surface area contributed by atoms with Crippen molar-refractivity contribution in [3.05, 3.63) is 59.7 Å². The van der Waals surface area contributed by atoms with Gasteiger partial charge in [-0.25, -0.2) is 0 Å². The third-order valence-corrected chi connectivity index (χ3v) is 4.79. The monoisotopic (exact) mass is 370 g/mol. The van der Waals surface area contributed by atoms with Crippen molar-refractivity contribution in [1.29, 1.82) is 0 Å². The van der Waals surface area contributed by atoms with Gasteiger partial charge in [-0.05, 0) is 43.3 Å². The van der Waals surface area contributed by atoms with E-state index in [1.807, 2.05) is 18.2 Å². The fourth-order valence-corrected chi connectivity index (χ4v) is 3.25. The third-order valence-electron chi connectivity index (χ3n) is 4.79. The first kappa shape index (κ1) is 20.8. The van der Waals surface area contributed by atoms with Gasteiger partial charge in [0.1, 0.15) is 11.5 Å². The summed E-state index contributed by atoms with van der Waals surface area (Å²) in [6.07, 6.45) is 0.887. The van der Waals surface area contributed by atoms with Gasteiger partial charge in [0.25, 0.3) is 5.91 Å². The predicted molar refractivity (Wildman–Crippen MR) is 109 cm³/mol. The van der Waals surface area contributed by atoms with Crippen LogP contribution in [0.1, 0.15) is 29.8 Å². The Morgan fingerprint density at radius 2 is 1.74 bits per heavy atom. The van der Waals surface area contributed by atoms with E-state index >= 15 is 0 Å². The number of carbonyl (C=O) groups excluding carboxylic acids is 1. The molecule has 2 aromatic carbocycles. The molecule has 1 atom stereocenters. The van der Waals surface area contributed by atoms with Crippen LogP contribution in [0.4, 0.5) is 0 Å². The van der Waals surface area contributed by atoms with E-state index in [-0.39, 0.29) is 11.9 Å². The van der Waals surface area contributed by atoms with Gasteiger partial charge in [0.05, 0.1) is 19.8 Å². The van der Waals surface area contributed by atoms with Gasteiger partial charge in [-0.15, -0.1) is 0 Å². The topological polar surface area (TPSA) is 50.8 Å². The molecule has 5 nitrogen and oxygen atoms in total. The number of ether oxygens (including phenoxy) is 2. The van der Waals surface area contributed by atoms with E-state index in [0.29, 0.717) is 23.6 Å². The van der Waals surface area contributed by atoms with Gasteiger partial charge in [0.15, 0.2) is 0 Å². The van der Waals surface area contributed by atoms with Gasteiger partial charge >= 0.3 is 0 Å². The SMILES string of the molecule is CCN(CC)C(CNC(=O)c1cc(OC)ccc1OC)Cc1ccccc1. The summed E-state index contributed by atoms with van der Waals surface area (Å²) in [5.41, 5.74) is 1.75. The molecule has 0 heterocycles. The highest BCUT2D eigenvalue weighted by Crippen LogP contribution is 2.23. The Morgan fingerprint density at radius 1 is 1.04 bits per heavy atom. The molecule has 0 saturated carbocycles. The van der Waals surface area contributed by atoms with Gasteiger partial charge in [-0.1, -0.05) is 44.2 Å². The molecule has 27 heavy (non-hydrogen) atoms. The van der Waals surface area contributed by atoms with Crippen LogP contribution < -0.4 is 14.8 Å². The summed E-state index contributed by atoms with van der Waals surface area (Å²) in [5.74, 6) is 1.01. The van der Waals surface area contributed by atoms with E-state index in [9.17, 15) is 4.79 Å². The molecule has 0 fully saturated rings.